The molecule has 0 aromatic heterocycles. The van der Waals surface area contributed by atoms with Crippen LogP contribution >= 0.6 is 0 Å². The van der Waals surface area contributed by atoms with E-state index in [0.717, 1.165) is 29.9 Å². The summed E-state index contributed by atoms with van der Waals surface area (Å²) in [6, 6.07) is 3.72. The molecular formula is C18H21F4N3O2. The van der Waals surface area contributed by atoms with Gasteiger partial charge in [0.2, 0.25) is 5.67 Å². The van der Waals surface area contributed by atoms with Gasteiger partial charge in [-0.2, -0.15) is 13.2 Å². The molecule has 5 nitrogen and oxygen atoms in total. The minimum Gasteiger partial charge on any atom is -0.353 e. The van der Waals surface area contributed by atoms with Gasteiger partial charge in [0.05, 0.1) is 17.8 Å². The molecule has 9 heteroatoms. The van der Waals surface area contributed by atoms with Gasteiger partial charge < -0.3 is 15.5 Å². The van der Waals surface area contributed by atoms with E-state index in [0.29, 0.717) is 12.5 Å². The van der Waals surface area contributed by atoms with E-state index < -0.39 is 41.6 Å². The lowest BCUT2D eigenvalue weighted by Gasteiger charge is -2.36. The Labute approximate surface area is 154 Å². The number of carbonyl (C=O) groups is 2. The number of urea groups is 1. The molecule has 3 amide bonds. The third kappa shape index (κ3) is 4.70. The van der Waals surface area contributed by atoms with Gasteiger partial charge in [0.15, 0.2) is 0 Å². The third-order valence-corrected chi connectivity index (χ3v) is 4.86. The molecule has 148 valence electrons. The largest absolute Gasteiger partial charge is 0.418 e. The Bertz CT molecular complexity index is 721. The van der Waals surface area contributed by atoms with Crippen LogP contribution in [0.4, 0.5) is 28.0 Å². The second-order valence-electron chi connectivity index (χ2n) is 7.12. The van der Waals surface area contributed by atoms with E-state index in [9.17, 15) is 22.8 Å². The predicted octanol–water partition coefficient (Wildman–Crippen LogP) is 3.57. The number of carbonyl (C=O) groups excluding carboxylic acids is 2. The SMILES string of the molecule is O=C(Nc1ccccc1C(F)(F)F)N1CCCC(F)(C(=O)NCC2CC2)C1. The van der Waals surface area contributed by atoms with Crippen LogP contribution in [0.2, 0.25) is 0 Å². The Kier molecular flexibility index (Phi) is 5.30. The van der Waals surface area contributed by atoms with Crippen LogP contribution in [0.25, 0.3) is 0 Å². The molecule has 1 aliphatic heterocycles. The van der Waals surface area contributed by atoms with E-state index >= 15 is 4.39 Å². The minimum absolute atomic E-state index is 0.0214. The van der Waals surface area contributed by atoms with Crippen molar-refractivity contribution in [3.8, 4) is 0 Å². The number of anilines is 1. The summed E-state index contributed by atoms with van der Waals surface area (Å²) in [6.45, 7) is 0.0980. The van der Waals surface area contributed by atoms with Gasteiger partial charge in [0.25, 0.3) is 5.91 Å². The first-order chi connectivity index (χ1) is 12.7. The molecule has 2 N–H and O–H groups in total. The second kappa shape index (κ2) is 7.36. The number of hydrogen-bond donors (Lipinski definition) is 2. The Balaban J connectivity index is 1.65. The van der Waals surface area contributed by atoms with Crippen molar-refractivity contribution in [2.24, 2.45) is 5.92 Å². The third-order valence-electron chi connectivity index (χ3n) is 4.86. The normalized spacial score (nSPS) is 23.0. The molecule has 0 bridgehead atoms. The molecule has 1 aromatic carbocycles. The molecular weight excluding hydrogens is 366 g/mol. The number of nitrogens with zero attached hydrogens (tertiary/aromatic N) is 1. The van der Waals surface area contributed by atoms with Crippen molar-refractivity contribution in [3.05, 3.63) is 29.8 Å². The van der Waals surface area contributed by atoms with Crippen LogP contribution in [0.15, 0.2) is 24.3 Å². The zero-order valence-corrected chi connectivity index (χ0v) is 14.6. The number of likely N-dealkylation sites (tertiary alicyclic amines) is 1. The van der Waals surface area contributed by atoms with Gasteiger partial charge in [-0.05, 0) is 43.7 Å². The fourth-order valence-corrected chi connectivity index (χ4v) is 3.12. The maximum absolute atomic E-state index is 15.0. The standard InChI is InChI=1S/C18H21F4N3O2/c19-17(15(26)23-10-12-6-7-12)8-3-9-25(11-17)16(27)24-14-5-2-1-4-13(14)18(20,21)22/h1-2,4-5,12H,3,6-11H2,(H,23,26)(H,24,27). The van der Waals surface area contributed by atoms with Gasteiger partial charge in [-0.25, -0.2) is 9.18 Å². The van der Waals surface area contributed by atoms with Gasteiger partial charge in [0, 0.05) is 13.1 Å². The second-order valence-corrected chi connectivity index (χ2v) is 7.12. The number of halogens is 4. The number of hydrogen-bond acceptors (Lipinski definition) is 2. The summed E-state index contributed by atoms with van der Waals surface area (Å²) in [5.41, 5.74) is -3.61. The maximum atomic E-state index is 15.0. The highest BCUT2D eigenvalue weighted by Gasteiger charge is 2.44. The van der Waals surface area contributed by atoms with E-state index in [-0.39, 0.29) is 19.4 Å². The molecule has 1 heterocycles. The fourth-order valence-electron chi connectivity index (χ4n) is 3.12. The molecule has 3 rings (SSSR count). The molecule has 2 aliphatic rings. The molecule has 1 atom stereocenters. The summed E-state index contributed by atoms with van der Waals surface area (Å²) >= 11 is 0. The Morgan fingerprint density at radius 2 is 1.93 bits per heavy atom. The first-order valence-electron chi connectivity index (χ1n) is 8.88. The van der Waals surface area contributed by atoms with E-state index in [2.05, 4.69) is 10.6 Å². The highest BCUT2D eigenvalue weighted by Crippen LogP contribution is 2.35. The monoisotopic (exact) mass is 387 g/mol. The van der Waals surface area contributed by atoms with Crippen molar-refractivity contribution in [2.45, 2.75) is 37.5 Å². The molecule has 1 saturated heterocycles. The van der Waals surface area contributed by atoms with Crippen LogP contribution in [0.3, 0.4) is 0 Å². The molecule has 0 radical (unpaired) electrons. The summed E-state index contributed by atoms with van der Waals surface area (Å²) in [4.78, 5) is 25.6. The van der Waals surface area contributed by atoms with Crippen LogP contribution in [-0.4, -0.2) is 42.1 Å². The Morgan fingerprint density at radius 3 is 2.59 bits per heavy atom. The molecule has 1 saturated carbocycles. The van der Waals surface area contributed by atoms with E-state index in [4.69, 9.17) is 0 Å². The Hall–Kier alpha value is -2.32. The number of nitrogens with one attached hydrogen (secondary N) is 2. The highest BCUT2D eigenvalue weighted by atomic mass is 19.4. The lowest BCUT2D eigenvalue weighted by atomic mass is 9.94. The first kappa shape index (κ1) is 19.4. The van der Waals surface area contributed by atoms with Crippen LogP contribution in [-0.2, 0) is 11.0 Å². The van der Waals surface area contributed by atoms with Crippen LogP contribution < -0.4 is 10.6 Å². The number of para-hydroxylation sites is 1. The molecule has 1 aromatic rings. The van der Waals surface area contributed by atoms with E-state index in [1.165, 1.54) is 12.1 Å². The first-order valence-corrected chi connectivity index (χ1v) is 8.88. The average Bonchev–Trinajstić information content (AvgIpc) is 3.43. The summed E-state index contributed by atoms with van der Waals surface area (Å²) < 4.78 is 54.2. The summed E-state index contributed by atoms with van der Waals surface area (Å²) in [6.07, 6.45) is -2.38. The van der Waals surface area contributed by atoms with Gasteiger partial charge in [-0.1, -0.05) is 12.1 Å². The average molecular weight is 387 g/mol. The predicted molar refractivity (Wildman–Crippen MR) is 90.8 cm³/mol. The van der Waals surface area contributed by atoms with Crippen molar-refractivity contribution < 1.29 is 27.2 Å². The number of alkyl halides is 4. The van der Waals surface area contributed by atoms with Gasteiger partial charge in [0.1, 0.15) is 0 Å². The van der Waals surface area contributed by atoms with Gasteiger partial charge in [-0.15, -0.1) is 0 Å². The number of benzene rings is 1. The molecule has 1 aliphatic carbocycles. The lowest BCUT2D eigenvalue weighted by Crippen LogP contribution is -2.56. The van der Waals surface area contributed by atoms with Crippen molar-refractivity contribution in [3.63, 3.8) is 0 Å². The van der Waals surface area contributed by atoms with Gasteiger partial charge in [-0.3, -0.25) is 4.79 Å². The number of amides is 3. The Morgan fingerprint density at radius 1 is 1.22 bits per heavy atom. The van der Waals surface area contributed by atoms with Gasteiger partial charge >= 0.3 is 12.2 Å². The zero-order chi connectivity index (χ0) is 19.7. The summed E-state index contributed by atoms with van der Waals surface area (Å²) in [5, 5.41) is 4.76. The van der Waals surface area contributed by atoms with Crippen molar-refractivity contribution in [2.75, 3.05) is 25.0 Å². The molecule has 27 heavy (non-hydrogen) atoms. The molecule has 2 fully saturated rings. The lowest BCUT2D eigenvalue weighted by molar-refractivity contribution is -0.137. The molecule has 1 unspecified atom stereocenters. The van der Waals surface area contributed by atoms with Crippen molar-refractivity contribution in [1.82, 2.24) is 10.2 Å². The number of piperidine rings is 1. The van der Waals surface area contributed by atoms with Crippen molar-refractivity contribution >= 4 is 17.6 Å². The van der Waals surface area contributed by atoms with Crippen LogP contribution in [0.5, 0.6) is 0 Å². The minimum atomic E-state index is -4.63. The van der Waals surface area contributed by atoms with E-state index in [1.807, 2.05) is 0 Å². The number of rotatable bonds is 4. The summed E-state index contributed by atoms with van der Waals surface area (Å²) in [7, 11) is 0. The quantitative estimate of drug-likeness (QED) is 0.776. The molecule has 0 spiro atoms. The fraction of sp³-hybridized carbons (Fsp3) is 0.556. The van der Waals surface area contributed by atoms with Crippen LogP contribution in [0, 0.1) is 5.92 Å². The van der Waals surface area contributed by atoms with Crippen molar-refractivity contribution in [1.29, 1.82) is 0 Å². The highest BCUT2D eigenvalue weighted by molar-refractivity contribution is 5.92. The summed E-state index contributed by atoms with van der Waals surface area (Å²) in [5.74, 6) is -0.373. The zero-order valence-electron chi connectivity index (χ0n) is 14.6. The van der Waals surface area contributed by atoms with Crippen LogP contribution in [0.1, 0.15) is 31.2 Å². The topological polar surface area (TPSA) is 61.4 Å². The maximum Gasteiger partial charge on any atom is 0.418 e. The van der Waals surface area contributed by atoms with E-state index in [1.54, 1.807) is 0 Å². The smallest absolute Gasteiger partial charge is 0.353 e.